The molecule has 0 unspecified atom stereocenters. The fourth-order valence-electron chi connectivity index (χ4n) is 3.93. The van der Waals surface area contributed by atoms with E-state index >= 15 is 0 Å². The second-order valence-corrected chi connectivity index (χ2v) is 7.52. The standard InChI is InChI=1S/C24H31NO3/c1-20(26)27-16-17-28-24-14-12-23(13-15-24)25(18-21-8-4-2-5-9-21)19-22-10-6-3-7-11-22/h2-11,23-24H,12-19H2,1H3. The predicted octanol–water partition coefficient (Wildman–Crippen LogP) is 4.58. The van der Waals surface area contributed by atoms with E-state index in [9.17, 15) is 4.79 Å². The lowest BCUT2D eigenvalue weighted by Gasteiger charge is -2.37. The highest BCUT2D eigenvalue weighted by Crippen LogP contribution is 2.27. The molecule has 2 aromatic rings. The van der Waals surface area contributed by atoms with Gasteiger partial charge in [0, 0.05) is 26.1 Å². The highest BCUT2D eigenvalue weighted by Gasteiger charge is 2.26. The van der Waals surface area contributed by atoms with Gasteiger partial charge in [0.1, 0.15) is 6.61 Å². The molecule has 28 heavy (non-hydrogen) atoms. The van der Waals surface area contributed by atoms with Crippen molar-refractivity contribution in [1.29, 1.82) is 0 Å². The molecule has 0 bridgehead atoms. The molecule has 0 saturated heterocycles. The van der Waals surface area contributed by atoms with E-state index in [0.717, 1.165) is 38.8 Å². The van der Waals surface area contributed by atoms with Crippen LogP contribution in [0, 0.1) is 0 Å². The Morgan fingerprint density at radius 1 is 0.857 bits per heavy atom. The number of hydrogen-bond acceptors (Lipinski definition) is 4. The van der Waals surface area contributed by atoms with Crippen molar-refractivity contribution in [2.24, 2.45) is 0 Å². The Kier molecular flexibility index (Phi) is 8.07. The van der Waals surface area contributed by atoms with Gasteiger partial charge in [0.2, 0.25) is 0 Å². The first-order chi connectivity index (χ1) is 13.7. The van der Waals surface area contributed by atoms with E-state index in [1.54, 1.807) is 0 Å². The zero-order valence-corrected chi connectivity index (χ0v) is 16.8. The second-order valence-electron chi connectivity index (χ2n) is 7.52. The molecule has 150 valence electrons. The average Bonchev–Trinajstić information content (AvgIpc) is 2.73. The van der Waals surface area contributed by atoms with Crippen LogP contribution in [0.1, 0.15) is 43.7 Å². The molecule has 0 amide bonds. The van der Waals surface area contributed by atoms with Gasteiger partial charge in [-0.3, -0.25) is 9.69 Å². The van der Waals surface area contributed by atoms with Gasteiger partial charge in [0.25, 0.3) is 0 Å². The van der Waals surface area contributed by atoms with E-state index in [2.05, 4.69) is 65.6 Å². The zero-order valence-electron chi connectivity index (χ0n) is 16.8. The Balaban J connectivity index is 1.54. The Bertz CT molecular complexity index is 655. The molecule has 1 saturated carbocycles. The average molecular weight is 382 g/mol. The smallest absolute Gasteiger partial charge is 0.302 e. The lowest BCUT2D eigenvalue weighted by Crippen LogP contribution is -2.39. The molecule has 3 rings (SSSR count). The van der Waals surface area contributed by atoms with Crippen molar-refractivity contribution in [1.82, 2.24) is 4.90 Å². The number of carbonyl (C=O) groups is 1. The summed E-state index contributed by atoms with van der Waals surface area (Å²) in [7, 11) is 0. The third-order valence-electron chi connectivity index (χ3n) is 5.36. The summed E-state index contributed by atoms with van der Waals surface area (Å²) in [4.78, 5) is 13.4. The van der Waals surface area contributed by atoms with Gasteiger partial charge < -0.3 is 9.47 Å². The van der Waals surface area contributed by atoms with Crippen LogP contribution in [0.4, 0.5) is 0 Å². The van der Waals surface area contributed by atoms with Crippen LogP contribution in [0.5, 0.6) is 0 Å². The molecule has 1 aliphatic rings. The minimum Gasteiger partial charge on any atom is -0.463 e. The van der Waals surface area contributed by atoms with E-state index in [0.29, 0.717) is 19.3 Å². The fourth-order valence-corrected chi connectivity index (χ4v) is 3.93. The number of benzene rings is 2. The van der Waals surface area contributed by atoms with Gasteiger partial charge in [0.05, 0.1) is 12.7 Å². The van der Waals surface area contributed by atoms with E-state index in [-0.39, 0.29) is 12.1 Å². The maximum absolute atomic E-state index is 10.8. The molecule has 0 spiro atoms. The molecular weight excluding hydrogens is 350 g/mol. The number of nitrogens with zero attached hydrogens (tertiary/aromatic N) is 1. The molecule has 0 aliphatic heterocycles. The van der Waals surface area contributed by atoms with Gasteiger partial charge in [0.15, 0.2) is 0 Å². The molecule has 0 atom stereocenters. The van der Waals surface area contributed by atoms with E-state index in [1.165, 1.54) is 18.1 Å². The maximum Gasteiger partial charge on any atom is 0.302 e. The van der Waals surface area contributed by atoms with Crippen LogP contribution < -0.4 is 0 Å². The van der Waals surface area contributed by atoms with Gasteiger partial charge in [-0.2, -0.15) is 0 Å². The van der Waals surface area contributed by atoms with Crippen molar-refractivity contribution >= 4 is 5.97 Å². The minimum atomic E-state index is -0.246. The third kappa shape index (κ3) is 6.77. The van der Waals surface area contributed by atoms with Crippen LogP contribution >= 0.6 is 0 Å². The summed E-state index contributed by atoms with van der Waals surface area (Å²) >= 11 is 0. The van der Waals surface area contributed by atoms with Crippen LogP contribution in [0.25, 0.3) is 0 Å². The molecule has 0 radical (unpaired) electrons. The lowest BCUT2D eigenvalue weighted by atomic mass is 9.91. The molecule has 4 heteroatoms. The van der Waals surface area contributed by atoms with E-state index < -0.39 is 0 Å². The summed E-state index contributed by atoms with van der Waals surface area (Å²) < 4.78 is 10.9. The zero-order chi connectivity index (χ0) is 19.6. The first kappa shape index (κ1) is 20.6. The highest BCUT2D eigenvalue weighted by molar-refractivity contribution is 5.65. The van der Waals surface area contributed by atoms with Crippen molar-refractivity contribution < 1.29 is 14.3 Å². The third-order valence-corrected chi connectivity index (χ3v) is 5.36. The Morgan fingerprint density at radius 2 is 1.39 bits per heavy atom. The summed E-state index contributed by atoms with van der Waals surface area (Å²) in [6.07, 6.45) is 4.67. The number of esters is 1. The Labute approximate surface area is 168 Å². The van der Waals surface area contributed by atoms with Crippen molar-refractivity contribution in [3.05, 3.63) is 71.8 Å². The molecule has 1 aliphatic carbocycles. The summed E-state index contributed by atoms with van der Waals surface area (Å²) in [6.45, 7) is 4.21. The quantitative estimate of drug-likeness (QED) is 0.471. The van der Waals surface area contributed by atoms with Gasteiger partial charge in [-0.15, -0.1) is 0 Å². The highest BCUT2D eigenvalue weighted by atomic mass is 16.6. The van der Waals surface area contributed by atoms with E-state index in [1.807, 2.05) is 0 Å². The second kappa shape index (κ2) is 11.0. The lowest BCUT2D eigenvalue weighted by molar-refractivity contribution is -0.143. The number of ether oxygens (including phenoxy) is 2. The van der Waals surface area contributed by atoms with Crippen molar-refractivity contribution in [3.63, 3.8) is 0 Å². The largest absolute Gasteiger partial charge is 0.463 e. The monoisotopic (exact) mass is 381 g/mol. The molecular formula is C24H31NO3. The molecule has 4 nitrogen and oxygen atoms in total. The molecule has 0 heterocycles. The van der Waals surface area contributed by atoms with Crippen LogP contribution in [-0.4, -0.2) is 36.2 Å². The Morgan fingerprint density at radius 3 is 1.89 bits per heavy atom. The summed E-state index contributed by atoms with van der Waals surface area (Å²) in [5.74, 6) is -0.246. The minimum absolute atomic E-state index is 0.246. The molecule has 2 aromatic carbocycles. The number of rotatable bonds is 9. The first-order valence-corrected chi connectivity index (χ1v) is 10.3. The van der Waals surface area contributed by atoms with Crippen molar-refractivity contribution in [2.45, 2.75) is 57.8 Å². The fraction of sp³-hybridized carbons (Fsp3) is 0.458. The topological polar surface area (TPSA) is 38.8 Å². The number of carbonyl (C=O) groups excluding carboxylic acids is 1. The normalized spacial score (nSPS) is 19.5. The summed E-state index contributed by atoms with van der Waals surface area (Å²) in [5.41, 5.74) is 2.72. The van der Waals surface area contributed by atoms with Crippen LogP contribution in [0.15, 0.2) is 60.7 Å². The van der Waals surface area contributed by atoms with E-state index in [4.69, 9.17) is 9.47 Å². The van der Waals surface area contributed by atoms with Crippen molar-refractivity contribution in [3.8, 4) is 0 Å². The Hall–Kier alpha value is -2.17. The van der Waals surface area contributed by atoms with Gasteiger partial charge in [-0.25, -0.2) is 0 Å². The van der Waals surface area contributed by atoms with Crippen LogP contribution in [0.3, 0.4) is 0 Å². The van der Waals surface area contributed by atoms with Gasteiger partial charge >= 0.3 is 5.97 Å². The SMILES string of the molecule is CC(=O)OCCOC1CCC(N(Cc2ccccc2)Cc2ccccc2)CC1. The maximum atomic E-state index is 10.8. The van der Waals surface area contributed by atoms with Crippen LogP contribution in [0.2, 0.25) is 0 Å². The first-order valence-electron chi connectivity index (χ1n) is 10.3. The van der Waals surface area contributed by atoms with Crippen molar-refractivity contribution in [2.75, 3.05) is 13.2 Å². The summed E-state index contributed by atoms with van der Waals surface area (Å²) in [5, 5.41) is 0. The summed E-state index contributed by atoms with van der Waals surface area (Å²) in [6, 6.07) is 22.0. The van der Waals surface area contributed by atoms with Gasteiger partial charge in [-0.1, -0.05) is 60.7 Å². The molecule has 0 aromatic heterocycles. The van der Waals surface area contributed by atoms with Crippen LogP contribution in [-0.2, 0) is 27.4 Å². The molecule has 0 N–H and O–H groups in total. The predicted molar refractivity (Wildman–Crippen MR) is 111 cm³/mol. The number of hydrogen-bond donors (Lipinski definition) is 0. The van der Waals surface area contributed by atoms with Gasteiger partial charge in [-0.05, 0) is 36.8 Å². The molecule has 1 fully saturated rings.